The number of esters is 4. The first-order chi connectivity index (χ1) is 54.8. The Kier molecular flexibility index (Phi) is 82.3. The summed E-state index contributed by atoms with van der Waals surface area (Å²) in [6.07, 6.45) is 78.0. The molecule has 0 aliphatic heterocycles. The van der Waals surface area contributed by atoms with Gasteiger partial charge in [-0.25, -0.2) is 9.13 Å². The molecule has 3 N–H and O–H groups in total. The van der Waals surface area contributed by atoms with Crippen LogP contribution in [0.3, 0.4) is 0 Å². The van der Waals surface area contributed by atoms with E-state index >= 15 is 0 Å². The van der Waals surface area contributed by atoms with E-state index in [1.54, 1.807) is 0 Å². The van der Waals surface area contributed by atoms with E-state index in [4.69, 9.17) is 37.0 Å². The van der Waals surface area contributed by atoms with Crippen LogP contribution in [-0.2, 0) is 65.4 Å². The first kappa shape index (κ1) is 111. The monoisotopic (exact) mass is 1650 g/mol. The van der Waals surface area contributed by atoms with Gasteiger partial charge in [0, 0.05) is 25.7 Å². The number of carbonyl (C=O) groups excluding carboxylic acids is 4. The Morgan fingerprint density at radius 3 is 0.673 bits per heavy atom. The molecule has 0 heterocycles. The number of carbonyl (C=O) groups is 4. The average molecular weight is 1650 g/mol. The molecule has 0 aromatic heterocycles. The van der Waals surface area contributed by atoms with Gasteiger partial charge in [-0.15, -0.1) is 0 Å². The molecule has 113 heavy (non-hydrogen) atoms. The van der Waals surface area contributed by atoms with Crippen molar-refractivity contribution in [2.75, 3.05) is 39.6 Å². The molecule has 4 unspecified atom stereocenters. The lowest BCUT2D eigenvalue weighted by Crippen LogP contribution is -2.30. The molecule has 672 valence electrons. The summed E-state index contributed by atoms with van der Waals surface area (Å²) < 4.78 is 69.1. The van der Waals surface area contributed by atoms with E-state index < -0.39 is 97.5 Å². The second-order valence-corrected chi connectivity index (χ2v) is 37.6. The normalized spacial score (nSPS) is 14.2. The van der Waals surface area contributed by atoms with E-state index in [1.165, 1.54) is 308 Å². The zero-order valence-electron chi connectivity index (χ0n) is 74.9. The van der Waals surface area contributed by atoms with Gasteiger partial charge in [-0.1, -0.05) is 453 Å². The Morgan fingerprint density at radius 2 is 0.451 bits per heavy atom. The largest absolute Gasteiger partial charge is 0.472 e. The lowest BCUT2D eigenvalue weighted by molar-refractivity contribution is -0.161. The second kappa shape index (κ2) is 83.7. The summed E-state index contributed by atoms with van der Waals surface area (Å²) in [4.78, 5) is 73.5. The lowest BCUT2D eigenvalue weighted by atomic mass is 9.99. The smallest absolute Gasteiger partial charge is 0.462 e. The Morgan fingerprint density at radius 1 is 0.257 bits per heavy atom. The Labute approximate surface area is 696 Å². The number of aliphatic hydroxyl groups is 1. The van der Waals surface area contributed by atoms with Crippen molar-refractivity contribution in [1.82, 2.24) is 0 Å². The van der Waals surface area contributed by atoms with Crippen LogP contribution in [0.15, 0.2) is 0 Å². The van der Waals surface area contributed by atoms with Gasteiger partial charge in [-0.05, 0) is 43.4 Å². The molecule has 0 bridgehead atoms. The number of phosphoric ester groups is 2. The third kappa shape index (κ3) is 84.9. The number of ether oxygens (including phenoxy) is 4. The maximum absolute atomic E-state index is 13.2. The minimum atomic E-state index is -4.97. The number of unbranched alkanes of at least 4 members (excludes halogenated alkanes) is 58. The van der Waals surface area contributed by atoms with Crippen LogP contribution in [0.2, 0.25) is 0 Å². The van der Waals surface area contributed by atoms with Crippen molar-refractivity contribution >= 4 is 39.5 Å². The van der Waals surface area contributed by atoms with Crippen LogP contribution in [0.1, 0.15) is 504 Å². The quantitative estimate of drug-likeness (QED) is 0.0222. The van der Waals surface area contributed by atoms with Crippen LogP contribution in [0.5, 0.6) is 0 Å². The zero-order valence-corrected chi connectivity index (χ0v) is 76.7. The van der Waals surface area contributed by atoms with Crippen molar-refractivity contribution in [1.29, 1.82) is 0 Å². The maximum Gasteiger partial charge on any atom is 0.472 e. The van der Waals surface area contributed by atoms with E-state index in [0.29, 0.717) is 31.6 Å². The number of phosphoric acid groups is 2. The third-order valence-corrected chi connectivity index (χ3v) is 24.8. The summed E-state index contributed by atoms with van der Waals surface area (Å²) in [5.74, 6) is 0.353. The molecular formula is C94H184O17P2. The van der Waals surface area contributed by atoms with Gasteiger partial charge in [0.1, 0.15) is 19.3 Å². The molecule has 0 spiro atoms. The molecule has 17 nitrogen and oxygen atoms in total. The SMILES string of the molecule is CCCCCCCCCCCCCCCCCCCCCC(=O)O[C@H](COC(=O)CCCCCCCCCC(C)C)COP(=O)(O)OC[C@H](O)COP(=O)(O)OC[C@@H](COC(=O)CCCCCCCCCCCCCCCCCCCCC(C)CC)OC(=O)CCCCCCCCCCCCCCCCCCCCC(C)CC. The van der Waals surface area contributed by atoms with Crippen molar-refractivity contribution in [2.45, 2.75) is 523 Å². The highest BCUT2D eigenvalue weighted by molar-refractivity contribution is 7.47. The molecule has 0 saturated heterocycles. The molecule has 0 aliphatic rings. The molecule has 0 saturated carbocycles. The van der Waals surface area contributed by atoms with Gasteiger partial charge in [0.25, 0.3) is 0 Å². The summed E-state index contributed by atoms with van der Waals surface area (Å²) >= 11 is 0. The molecule has 0 aromatic carbocycles. The number of rotatable bonds is 92. The standard InChI is InChI=1S/C94H184O17P2/c1-8-11-12-13-14-15-16-17-18-19-20-28-33-38-43-48-55-63-71-78-94(99)111-90(82-105-92(97)76-69-62-57-50-51-58-65-72-85(4)5)84-109-113(102,103)107-80-88(95)79-106-112(100,101)108-83-89(110-93(98)77-70-64-56-49-44-39-34-29-24-22-26-31-36-41-46-53-60-67-74-87(7)10-3)81-104-91(96)75-68-61-54-47-42-37-32-27-23-21-25-30-35-40-45-52-59-66-73-86(6)9-2/h85-90,95H,8-84H2,1-7H3,(H,100,101)(H,102,103)/t86?,87?,88-,89-,90-/m1/s1. The van der Waals surface area contributed by atoms with Gasteiger partial charge in [0.15, 0.2) is 12.2 Å². The minimum absolute atomic E-state index is 0.108. The second-order valence-electron chi connectivity index (χ2n) is 34.7. The predicted octanol–water partition coefficient (Wildman–Crippen LogP) is 29.2. The van der Waals surface area contributed by atoms with E-state index in [0.717, 1.165) is 108 Å². The molecule has 0 aromatic rings. The minimum Gasteiger partial charge on any atom is -0.462 e. The third-order valence-electron chi connectivity index (χ3n) is 22.9. The van der Waals surface area contributed by atoms with Crippen molar-refractivity contribution in [2.24, 2.45) is 17.8 Å². The maximum atomic E-state index is 13.2. The first-order valence-electron chi connectivity index (χ1n) is 48.4. The molecule has 0 fully saturated rings. The summed E-state index contributed by atoms with van der Waals surface area (Å²) in [6.45, 7) is 12.1. The van der Waals surface area contributed by atoms with E-state index in [9.17, 15) is 43.2 Å². The molecule has 7 atom stereocenters. The highest BCUT2D eigenvalue weighted by atomic mass is 31.2. The fourth-order valence-corrected chi connectivity index (χ4v) is 16.3. The number of aliphatic hydroxyl groups excluding tert-OH is 1. The van der Waals surface area contributed by atoms with Crippen LogP contribution in [0.25, 0.3) is 0 Å². The van der Waals surface area contributed by atoms with Crippen LogP contribution in [-0.4, -0.2) is 96.7 Å². The van der Waals surface area contributed by atoms with Gasteiger partial charge in [0.05, 0.1) is 26.4 Å². The van der Waals surface area contributed by atoms with Crippen LogP contribution in [0, 0.1) is 17.8 Å². The van der Waals surface area contributed by atoms with Crippen molar-refractivity contribution in [3.63, 3.8) is 0 Å². The van der Waals surface area contributed by atoms with Gasteiger partial charge in [0.2, 0.25) is 0 Å². The van der Waals surface area contributed by atoms with Gasteiger partial charge in [-0.3, -0.25) is 37.3 Å². The van der Waals surface area contributed by atoms with E-state index in [2.05, 4.69) is 48.5 Å². The first-order valence-corrected chi connectivity index (χ1v) is 51.4. The van der Waals surface area contributed by atoms with Crippen molar-refractivity contribution in [3.05, 3.63) is 0 Å². The topological polar surface area (TPSA) is 237 Å². The van der Waals surface area contributed by atoms with Gasteiger partial charge in [-0.2, -0.15) is 0 Å². The Balaban J connectivity index is 5.21. The van der Waals surface area contributed by atoms with E-state index in [1.807, 2.05) is 0 Å². The highest BCUT2D eigenvalue weighted by Crippen LogP contribution is 2.45. The molecular weight excluding hydrogens is 1460 g/mol. The van der Waals surface area contributed by atoms with Gasteiger partial charge >= 0.3 is 39.5 Å². The Bertz CT molecular complexity index is 2170. The van der Waals surface area contributed by atoms with Crippen molar-refractivity contribution < 1.29 is 80.2 Å². The zero-order chi connectivity index (χ0) is 82.9. The average Bonchev–Trinajstić information content (AvgIpc) is 0.901. The van der Waals surface area contributed by atoms with Crippen molar-refractivity contribution in [3.8, 4) is 0 Å². The highest BCUT2D eigenvalue weighted by Gasteiger charge is 2.31. The lowest BCUT2D eigenvalue weighted by Gasteiger charge is -2.21. The van der Waals surface area contributed by atoms with Crippen LogP contribution in [0.4, 0.5) is 0 Å². The fraction of sp³-hybridized carbons (Fsp3) is 0.957. The van der Waals surface area contributed by atoms with E-state index in [-0.39, 0.29) is 25.7 Å². The van der Waals surface area contributed by atoms with Gasteiger partial charge < -0.3 is 33.8 Å². The summed E-state index contributed by atoms with van der Waals surface area (Å²) in [7, 11) is -9.94. The number of hydrogen-bond acceptors (Lipinski definition) is 15. The predicted molar refractivity (Wildman–Crippen MR) is 469 cm³/mol. The molecule has 0 aliphatic carbocycles. The Hall–Kier alpha value is -1.94. The molecule has 0 rings (SSSR count). The molecule has 0 amide bonds. The fourth-order valence-electron chi connectivity index (χ4n) is 14.7. The summed E-state index contributed by atoms with van der Waals surface area (Å²) in [6, 6.07) is 0. The summed E-state index contributed by atoms with van der Waals surface area (Å²) in [5.41, 5.74) is 0. The van der Waals surface area contributed by atoms with Crippen LogP contribution >= 0.6 is 15.6 Å². The summed E-state index contributed by atoms with van der Waals surface area (Å²) in [5, 5.41) is 10.7. The molecule has 19 heteroatoms. The van der Waals surface area contributed by atoms with Crippen LogP contribution < -0.4 is 0 Å². The number of hydrogen-bond donors (Lipinski definition) is 3. The molecule has 0 radical (unpaired) electrons.